The zero-order chi connectivity index (χ0) is 14.7. The summed E-state index contributed by atoms with van der Waals surface area (Å²) in [6.45, 7) is 5.05. The Labute approximate surface area is 126 Å². The molecule has 3 rings (SSSR count). The Kier molecular flexibility index (Phi) is 4.20. The molecule has 0 saturated heterocycles. The monoisotopic (exact) mass is 282 g/mol. The number of benzene rings is 1. The summed E-state index contributed by atoms with van der Waals surface area (Å²) in [7, 11) is 0. The Morgan fingerprint density at radius 1 is 1.19 bits per heavy atom. The molecule has 1 aromatic carbocycles. The molecule has 110 valence electrons. The van der Waals surface area contributed by atoms with E-state index in [4.69, 9.17) is 4.74 Å². The van der Waals surface area contributed by atoms with Crippen LogP contribution < -0.4 is 10.1 Å². The first-order valence-electron chi connectivity index (χ1n) is 7.70. The highest BCUT2D eigenvalue weighted by molar-refractivity contribution is 5.34. The predicted octanol–water partition coefficient (Wildman–Crippen LogP) is 3.63. The molecule has 1 aliphatic carbocycles. The van der Waals surface area contributed by atoms with Crippen molar-refractivity contribution >= 4 is 0 Å². The van der Waals surface area contributed by atoms with E-state index in [1.165, 1.54) is 18.4 Å². The van der Waals surface area contributed by atoms with Gasteiger partial charge < -0.3 is 10.1 Å². The van der Waals surface area contributed by atoms with Crippen LogP contribution >= 0.6 is 0 Å². The first-order valence-corrected chi connectivity index (χ1v) is 7.70. The van der Waals surface area contributed by atoms with E-state index in [9.17, 15) is 0 Å². The van der Waals surface area contributed by atoms with Gasteiger partial charge in [0.1, 0.15) is 5.75 Å². The third kappa shape index (κ3) is 3.61. The van der Waals surface area contributed by atoms with Gasteiger partial charge in [-0.3, -0.25) is 4.98 Å². The molecule has 21 heavy (non-hydrogen) atoms. The van der Waals surface area contributed by atoms with E-state index in [-0.39, 0.29) is 6.04 Å². The van der Waals surface area contributed by atoms with Crippen molar-refractivity contribution in [2.75, 3.05) is 6.54 Å². The Morgan fingerprint density at radius 3 is 2.57 bits per heavy atom. The highest BCUT2D eigenvalue weighted by Gasteiger charge is 2.23. The van der Waals surface area contributed by atoms with Gasteiger partial charge in [0.15, 0.2) is 0 Å². The van der Waals surface area contributed by atoms with E-state index in [0.29, 0.717) is 6.10 Å². The number of aromatic nitrogens is 1. The molecule has 3 nitrogen and oxygen atoms in total. The molecule has 2 aromatic rings. The van der Waals surface area contributed by atoms with E-state index < -0.39 is 0 Å². The van der Waals surface area contributed by atoms with E-state index in [1.807, 2.05) is 13.0 Å². The molecule has 0 spiro atoms. The van der Waals surface area contributed by atoms with Gasteiger partial charge in [-0.1, -0.05) is 25.1 Å². The van der Waals surface area contributed by atoms with E-state index >= 15 is 0 Å². The van der Waals surface area contributed by atoms with Gasteiger partial charge >= 0.3 is 0 Å². The summed E-state index contributed by atoms with van der Waals surface area (Å²) in [5, 5.41) is 3.51. The molecule has 1 heterocycles. The topological polar surface area (TPSA) is 34.1 Å². The molecular formula is C18H22N2O. The van der Waals surface area contributed by atoms with Crippen LogP contribution in [-0.4, -0.2) is 17.6 Å². The molecule has 0 radical (unpaired) electrons. The fraction of sp³-hybridized carbons (Fsp3) is 0.389. The smallest absolute Gasteiger partial charge is 0.119 e. The lowest BCUT2D eigenvalue weighted by Gasteiger charge is -2.18. The fourth-order valence-electron chi connectivity index (χ4n) is 2.44. The normalized spacial score (nSPS) is 15.7. The molecular weight excluding hydrogens is 260 g/mol. The molecule has 1 atom stereocenters. The average Bonchev–Trinajstić information content (AvgIpc) is 3.30. The molecule has 0 amide bonds. The summed E-state index contributed by atoms with van der Waals surface area (Å²) < 4.78 is 5.81. The molecule has 0 aliphatic heterocycles. The molecule has 1 saturated carbocycles. The maximum Gasteiger partial charge on any atom is 0.119 e. The quantitative estimate of drug-likeness (QED) is 0.878. The summed E-state index contributed by atoms with van der Waals surface area (Å²) in [5.41, 5.74) is 3.33. The second-order valence-corrected chi connectivity index (χ2v) is 5.58. The summed E-state index contributed by atoms with van der Waals surface area (Å²) >= 11 is 0. The number of pyridine rings is 1. The van der Waals surface area contributed by atoms with E-state index in [0.717, 1.165) is 23.7 Å². The van der Waals surface area contributed by atoms with E-state index in [2.05, 4.69) is 53.6 Å². The molecule has 1 N–H and O–H groups in total. The van der Waals surface area contributed by atoms with Gasteiger partial charge in [0.25, 0.3) is 0 Å². The third-order valence-electron chi connectivity index (χ3n) is 3.65. The number of hydrogen-bond donors (Lipinski definition) is 1. The van der Waals surface area contributed by atoms with Gasteiger partial charge in [0.05, 0.1) is 17.8 Å². The zero-order valence-electron chi connectivity index (χ0n) is 12.7. The van der Waals surface area contributed by atoms with Crippen molar-refractivity contribution in [3.63, 3.8) is 0 Å². The van der Waals surface area contributed by atoms with Crippen molar-refractivity contribution < 1.29 is 4.74 Å². The van der Waals surface area contributed by atoms with Crippen molar-refractivity contribution in [2.45, 2.75) is 38.8 Å². The minimum absolute atomic E-state index is 0.130. The second-order valence-electron chi connectivity index (χ2n) is 5.58. The van der Waals surface area contributed by atoms with Gasteiger partial charge in [0, 0.05) is 5.69 Å². The van der Waals surface area contributed by atoms with Gasteiger partial charge in [-0.25, -0.2) is 0 Å². The van der Waals surface area contributed by atoms with Crippen molar-refractivity contribution in [1.82, 2.24) is 10.3 Å². The molecule has 1 aliphatic rings. The van der Waals surface area contributed by atoms with Crippen LogP contribution in [0, 0.1) is 6.92 Å². The molecule has 1 aromatic heterocycles. The van der Waals surface area contributed by atoms with Crippen LogP contribution in [0.1, 0.15) is 42.8 Å². The SMILES string of the molecule is CCNC(c1ccc(OC2CC2)cc1)c1cccc(C)n1. The highest BCUT2D eigenvalue weighted by atomic mass is 16.5. The molecule has 1 fully saturated rings. The van der Waals surface area contributed by atoms with Gasteiger partial charge in [-0.2, -0.15) is 0 Å². The van der Waals surface area contributed by atoms with Crippen molar-refractivity contribution in [3.8, 4) is 5.75 Å². The lowest BCUT2D eigenvalue weighted by molar-refractivity contribution is 0.303. The van der Waals surface area contributed by atoms with Crippen LogP contribution in [0.25, 0.3) is 0 Å². The van der Waals surface area contributed by atoms with Crippen molar-refractivity contribution in [3.05, 3.63) is 59.4 Å². The van der Waals surface area contributed by atoms with Crippen molar-refractivity contribution in [1.29, 1.82) is 0 Å². The van der Waals surface area contributed by atoms with Crippen molar-refractivity contribution in [2.24, 2.45) is 0 Å². The van der Waals surface area contributed by atoms with E-state index in [1.54, 1.807) is 0 Å². The van der Waals surface area contributed by atoms with Crippen LogP contribution in [0.5, 0.6) is 5.75 Å². The molecule has 3 heteroatoms. The minimum Gasteiger partial charge on any atom is -0.490 e. The number of nitrogens with zero attached hydrogens (tertiary/aromatic N) is 1. The summed E-state index contributed by atoms with van der Waals surface area (Å²) in [5.74, 6) is 0.966. The average molecular weight is 282 g/mol. The number of rotatable bonds is 6. The third-order valence-corrected chi connectivity index (χ3v) is 3.65. The fourth-order valence-corrected chi connectivity index (χ4v) is 2.44. The second kappa shape index (κ2) is 6.27. The Balaban J connectivity index is 1.82. The largest absolute Gasteiger partial charge is 0.490 e. The number of hydrogen-bond acceptors (Lipinski definition) is 3. The van der Waals surface area contributed by atoms with Crippen LogP contribution in [0.15, 0.2) is 42.5 Å². The maximum absolute atomic E-state index is 5.81. The number of aryl methyl sites for hydroxylation is 1. The summed E-state index contributed by atoms with van der Waals surface area (Å²) in [6, 6.07) is 14.7. The number of ether oxygens (including phenoxy) is 1. The highest BCUT2D eigenvalue weighted by Crippen LogP contribution is 2.28. The Bertz CT molecular complexity index is 590. The van der Waals surface area contributed by atoms with Crippen LogP contribution in [-0.2, 0) is 0 Å². The first-order chi connectivity index (χ1) is 10.3. The predicted molar refractivity (Wildman–Crippen MR) is 84.6 cm³/mol. The lowest BCUT2D eigenvalue weighted by atomic mass is 10.0. The van der Waals surface area contributed by atoms with Crippen LogP contribution in [0.2, 0.25) is 0 Å². The Hall–Kier alpha value is -1.87. The van der Waals surface area contributed by atoms with Gasteiger partial charge in [0.2, 0.25) is 0 Å². The first kappa shape index (κ1) is 14.1. The van der Waals surface area contributed by atoms with Gasteiger partial charge in [-0.05, 0) is 56.1 Å². The standard InChI is InChI=1S/C18H22N2O/c1-3-19-18(17-6-4-5-13(2)20-17)14-7-9-15(10-8-14)21-16-11-12-16/h4-10,16,18-19H,3,11-12H2,1-2H3. The molecule has 0 bridgehead atoms. The minimum atomic E-state index is 0.130. The van der Waals surface area contributed by atoms with Crippen LogP contribution in [0.3, 0.4) is 0 Å². The summed E-state index contributed by atoms with van der Waals surface area (Å²) in [6.07, 6.45) is 2.82. The maximum atomic E-state index is 5.81. The lowest BCUT2D eigenvalue weighted by Crippen LogP contribution is -2.23. The zero-order valence-corrected chi connectivity index (χ0v) is 12.7. The Morgan fingerprint density at radius 2 is 1.95 bits per heavy atom. The van der Waals surface area contributed by atoms with Crippen LogP contribution in [0.4, 0.5) is 0 Å². The molecule has 1 unspecified atom stereocenters. The van der Waals surface area contributed by atoms with Gasteiger partial charge in [-0.15, -0.1) is 0 Å². The number of nitrogens with one attached hydrogen (secondary N) is 1. The summed E-state index contributed by atoms with van der Waals surface area (Å²) in [4.78, 5) is 4.66.